The lowest BCUT2D eigenvalue weighted by Gasteiger charge is -2.14. The van der Waals surface area contributed by atoms with Crippen molar-refractivity contribution in [1.82, 2.24) is 0 Å². The van der Waals surface area contributed by atoms with Gasteiger partial charge in [-0.15, -0.1) is 0 Å². The molecule has 0 aromatic rings. The van der Waals surface area contributed by atoms with Crippen molar-refractivity contribution in [3.8, 4) is 0 Å². The van der Waals surface area contributed by atoms with Crippen molar-refractivity contribution in [1.29, 1.82) is 1.43 Å². The fraction of sp³-hybridized carbons (Fsp3) is 1.00. The molecule has 0 bridgehead atoms. The quantitative estimate of drug-likeness (QED) is 0.668. The molecule has 1 saturated heterocycles. The molecule has 1 aliphatic rings. The van der Waals surface area contributed by atoms with Gasteiger partial charge in [0.1, 0.15) is 0 Å². The van der Waals surface area contributed by atoms with E-state index in [0.29, 0.717) is 6.61 Å². The Morgan fingerprint density at radius 1 is 1.58 bits per heavy atom. The molecule has 3 nitrogen and oxygen atoms in total. The van der Waals surface area contributed by atoms with Crippen molar-refractivity contribution in [3.05, 3.63) is 0 Å². The lowest BCUT2D eigenvalue weighted by atomic mass is 9.90. The van der Waals surface area contributed by atoms with E-state index in [-0.39, 0.29) is 30.7 Å². The smallest absolute Gasteiger partial charge is 0.210 e. The SMILES string of the molecule is [2H]OCC1[C@@H](C)[C@@H](CO)O[C@@H]1C.[3H]C. The fourth-order valence-corrected chi connectivity index (χ4v) is 1.70. The molecule has 0 aromatic carbocycles. The number of ether oxygens (including phenoxy) is 1. The molecule has 12 heavy (non-hydrogen) atoms. The molecule has 3 heteroatoms. The number of aliphatic hydroxyl groups excluding tert-OH is 2. The highest BCUT2D eigenvalue weighted by Gasteiger charge is 2.38. The van der Waals surface area contributed by atoms with Crippen molar-refractivity contribution in [3.63, 3.8) is 0 Å². The summed E-state index contributed by atoms with van der Waals surface area (Å²) in [6, 6.07) is 0. The van der Waals surface area contributed by atoms with Crippen LogP contribution in [0.1, 0.15) is 22.6 Å². The average molecular weight is 179 g/mol. The molecule has 1 unspecified atom stereocenters. The van der Waals surface area contributed by atoms with Crippen LogP contribution in [0.3, 0.4) is 0 Å². The van der Waals surface area contributed by atoms with E-state index in [1.165, 1.54) is 7.40 Å². The molecule has 0 saturated carbocycles. The lowest BCUT2D eigenvalue weighted by molar-refractivity contribution is 0.00406. The molecular weight excluding hydrogens is 156 g/mol. The van der Waals surface area contributed by atoms with Gasteiger partial charge in [-0.2, -0.15) is 0 Å². The molecule has 1 rings (SSSR count). The van der Waals surface area contributed by atoms with Crippen LogP contribution < -0.4 is 0 Å². The molecule has 1 heterocycles. The first-order chi connectivity index (χ1) is 6.70. The maximum atomic E-state index is 8.93. The predicted molar refractivity (Wildman–Crippen MR) is 47.9 cm³/mol. The van der Waals surface area contributed by atoms with Crippen molar-refractivity contribution in [2.45, 2.75) is 33.5 Å². The van der Waals surface area contributed by atoms with Crippen molar-refractivity contribution >= 4 is 0 Å². The summed E-state index contributed by atoms with van der Waals surface area (Å²) in [4.78, 5) is 0. The first-order valence-electron chi connectivity index (χ1n) is 5.46. The van der Waals surface area contributed by atoms with Crippen LogP contribution >= 0.6 is 0 Å². The van der Waals surface area contributed by atoms with E-state index in [1.807, 2.05) is 13.8 Å². The first-order valence-corrected chi connectivity index (χ1v) is 4.05. The van der Waals surface area contributed by atoms with Gasteiger partial charge < -0.3 is 15.0 Å². The van der Waals surface area contributed by atoms with E-state index < -0.39 is 0 Å². The molecule has 1 aliphatic heterocycles. The summed E-state index contributed by atoms with van der Waals surface area (Å²) in [5.41, 5.74) is 0. The second kappa shape index (κ2) is 4.80. The highest BCUT2D eigenvalue weighted by molar-refractivity contribution is 4.84. The Morgan fingerprint density at radius 3 is 2.67 bits per heavy atom. The Kier molecular flexibility index (Phi) is 3.39. The normalized spacial score (nSPS) is 42.7. The van der Waals surface area contributed by atoms with Gasteiger partial charge in [0, 0.05) is 13.9 Å². The van der Waals surface area contributed by atoms with E-state index in [2.05, 4.69) is 5.11 Å². The molecule has 1 fully saturated rings. The molecule has 2 N–H and O–H groups in total. The fourth-order valence-electron chi connectivity index (χ4n) is 1.70. The van der Waals surface area contributed by atoms with Crippen LogP contribution in [-0.2, 0) is 4.74 Å². The summed E-state index contributed by atoms with van der Waals surface area (Å²) in [7, 11) is 1.25. The molecule has 0 amide bonds. The zero-order valence-corrected chi connectivity index (χ0v) is 7.99. The van der Waals surface area contributed by atoms with Gasteiger partial charge in [0.15, 0.2) is 0 Å². The summed E-state index contributed by atoms with van der Waals surface area (Å²) >= 11 is 0. The second-order valence-corrected chi connectivity index (χ2v) is 3.25. The number of hydrogen-bond donors (Lipinski definition) is 2. The first kappa shape index (κ1) is 8.48. The maximum absolute atomic E-state index is 8.93. The third-order valence-corrected chi connectivity index (χ3v) is 2.63. The van der Waals surface area contributed by atoms with Crippen molar-refractivity contribution < 1.29 is 16.3 Å². The van der Waals surface area contributed by atoms with Gasteiger partial charge in [0.2, 0.25) is 1.43 Å². The molecule has 74 valence electrons. The third kappa shape index (κ3) is 1.97. The highest BCUT2D eigenvalue weighted by atomic mass is 16.5. The van der Waals surface area contributed by atoms with Crippen LogP contribution in [0.25, 0.3) is 0 Å². The minimum absolute atomic E-state index is 0.0556. The van der Waals surface area contributed by atoms with Crippen molar-refractivity contribution in [2.24, 2.45) is 11.8 Å². The second-order valence-electron chi connectivity index (χ2n) is 3.25. The van der Waals surface area contributed by atoms with E-state index in [9.17, 15) is 0 Å². The van der Waals surface area contributed by atoms with E-state index in [0.717, 1.165) is 0 Å². The van der Waals surface area contributed by atoms with E-state index >= 15 is 0 Å². The average Bonchev–Trinajstić information content (AvgIpc) is 2.49. The number of rotatable bonds is 3. The summed E-state index contributed by atoms with van der Waals surface area (Å²) in [6.45, 7) is 4.42. The summed E-state index contributed by atoms with van der Waals surface area (Å²) in [5.74, 6) is 0.509. The largest absolute Gasteiger partial charge is 0.396 e. The van der Waals surface area contributed by atoms with Gasteiger partial charge in [0.25, 0.3) is 0 Å². The van der Waals surface area contributed by atoms with Crippen LogP contribution in [0, 0.1) is 11.8 Å². The Hall–Kier alpha value is -0.120. The molecule has 0 spiro atoms. The molecule has 4 atom stereocenters. The standard InChI is InChI=1S/C8H16O3.CH4/c1-5-7(3-9)6(2)11-8(5)4-10;/h5-10H,3-4H2,1-2H3;1H4/t5-,6-,7?,8-;/m1./s1/i9D;1T. The zero-order valence-electron chi connectivity index (χ0n) is 9.99. The van der Waals surface area contributed by atoms with Crippen LogP contribution in [0.2, 0.25) is 0 Å². The highest BCUT2D eigenvalue weighted by Crippen LogP contribution is 2.31. The third-order valence-electron chi connectivity index (χ3n) is 2.63. The Labute approximate surface area is 77.3 Å². The van der Waals surface area contributed by atoms with Gasteiger partial charge in [-0.05, 0) is 12.8 Å². The van der Waals surface area contributed by atoms with E-state index in [4.69, 9.17) is 12.6 Å². The van der Waals surface area contributed by atoms with Crippen molar-refractivity contribution in [2.75, 3.05) is 13.2 Å². The van der Waals surface area contributed by atoms with Crippen LogP contribution in [0.15, 0.2) is 0 Å². The Balaban J connectivity index is 0.000000791. The van der Waals surface area contributed by atoms with Crippen LogP contribution in [0.5, 0.6) is 0 Å². The molecule has 0 radical (unpaired) electrons. The Bertz CT molecular complexity index is 146. The monoisotopic (exact) mass is 179 g/mol. The van der Waals surface area contributed by atoms with E-state index in [1.54, 1.807) is 0 Å². The van der Waals surface area contributed by atoms with Gasteiger partial charge in [0.05, 0.1) is 18.8 Å². The molecule has 0 aliphatic carbocycles. The van der Waals surface area contributed by atoms with Gasteiger partial charge in [-0.3, -0.25) is 0 Å². The van der Waals surface area contributed by atoms with Gasteiger partial charge in [-0.1, -0.05) is 14.3 Å². The number of hydrogen-bond acceptors (Lipinski definition) is 3. The maximum Gasteiger partial charge on any atom is 0.210 e. The summed E-state index contributed by atoms with van der Waals surface area (Å²) < 4.78 is 17.9. The minimum atomic E-state index is -0.0832. The molecule has 0 aromatic heterocycles. The van der Waals surface area contributed by atoms with Gasteiger partial charge >= 0.3 is 0 Å². The predicted octanol–water partition coefficient (Wildman–Crippen LogP) is 0.647. The Morgan fingerprint density at radius 2 is 2.25 bits per heavy atom. The lowest BCUT2D eigenvalue weighted by Crippen LogP contribution is -2.23. The molecular formula is C9H20O3. The topological polar surface area (TPSA) is 49.7 Å². The summed E-state index contributed by atoms with van der Waals surface area (Å²) in [5, 5.41) is 13.3. The van der Waals surface area contributed by atoms with Crippen LogP contribution in [-0.4, -0.2) is 37.1 Å². The zero-order chi connectivity index (χ0) is 11.1. The summed E-state index contributed by atoms with van der Waals surface area (Å²) in [6.07, 6.45) is 0.00245. The minimum Gasteiger partial charge on any atom is -0.396 e. The van der Waals surface area contributed by atoms with Crippen LogP contribution in [0.4, 0.5) is 0 Å². The van der Waals surface area contributed by atoms with Gasteiger partial charge in [-0.25, -0.2) is 0 Å². The number of aliphatic hydroxyl groups is 2.